The number of carbonyl (C=O) groups is 1. The summed E-state index contributed by atoms with van der Waals surface area (Å²) in [6, 6.07) is 5.81. The molecule has 2 unspecified atom stereocenters. The van der Waals surface area contributed by atoms with Gasteiger partial charge < -0.3 is 15.5 Å². The summed E-state index contributed by atoms with van der Waals surface area (Å²) in [4.78, 5) is 25.7. The minimum Gasteiger partial charge on any atom is -0.371 e. The maximum absolute atomic E-state index is 13.1. The van der Waals surface area contributed by atoms with E-state index in [4.69, 9.17) is 0 Å². The molecule has 1 saturated heterocycles. The van der Waals surface area contributed by atoms with E-state index in [2.05, 4.69) is 20.6 Å². The van der Waals surface area contributed by atoms with Crippen LogP contribution in [0.1, 0.15) is 25.5 Å². The van der Waals surface area contributed by atoms with Gasteiger partial charge in [0.15, 0.2) is 0 Å². The van der Waals surface area contributed by atoms with Crippen LogP contribution in [0.2, 0.25) is 0 Å². The molecule has 1 amide bonds. The van der Waals surface area contributed by atoms with E-state index in [1.165, 1.54) is 16.8 Å². The standard InChI is InChI=1S/C20H27FN6O3/c1-4-17(23-19-18(27(29)30)13(2)24-25(19)3)20(28)22-11-14-9-10-26(12-14)16-7-5-15(21)6-8-16/h5-8,14,17,23H,4,9-12H2,1-3H3,(H,22,28). The van der Waals surface area contributed by atoms with Gasteiger partial charge in [0.25, 0.3) is 0 Å². The van der Waals surface area contributed by atoms with Crippen LogP contribution in [0.15, 0.2) is 24.3 Å². The predicted molar refractivity (Wildman–Crippen MR) is 112 cm³/mol. The molecule has 1 fully saturated rings. The molecule has 2 atom stereocenters. The van der Waals surface area contributed by atoms with Crippen LogP contribution in [0.3, 0.4) is 0 Å². The second-order valence-electron chi connectivity index (χ2n) is 7.59. The first-order valence-electron chi connectivity index (χ1n) is 10.0. The lowest BCUT2D eigenvalue weighted by atomic mass is 10.1. The normalized spacial score (nSPS) is 17.1. The molecule has 9 nitrogen and oxygen atoms in total. The topological polar surface area (TPSA) is 105 Å². The van der Waals surface area contributed by atoms with Crippen LogP contribution in [-0.2, 0) is 11.8 Å². The van der Waals surface area contributed by atoms with Crippen LogP contribution in [0.5, 0.6) is 0 Å². The third-order valence-corrected chi connectivity index (χ3v) is 5.45. The van der Waals surface area contributed by atoms with Gasteiger partial charge >= 0.3 is 5.69 Å². The van der Waals surface area contributed by atoms with Crippen molar-refractivity contribution in [3.63, 3.8) is 0 Å². The Hall–Kier alpha value is -3.17. The van der Waals surface area contributed by atoms with Crippen LogP contribution in [-0.4, -0.2) is 46.3 Å². The zero-order valence-corrected chi connectivity index (χ0v) is 17.4. The number of hydrogen-bond acceptors (Lipinski definition) is 6. The number of nitro groups is 1. The Morgan fingerprint density at radius 1 is 1.40 bits per heavy atom. The van der Waals surface area contributed by atoms with Gasteiger partial charge in [0, 0.05) is 32.4 Å². The van der Waals surface area contributed by atoms with Crippen molar-refractivity contribution in [1.82, 2.24) is 15.1 Å². The largest absolute Gasteiger partial charge is 0.371 e. The van der Waals surface area contributed by atoms with Gasteiger partial charge in [0.1, 0.15) is 17.6 Å². The van der Waals surface area contributed by atoms with Crippen molar-refractivity contribution in [2.45, 2.75) is 32.7 Å². The van der Waals surface area contributed by atoms with Crippen molar-refractivity contribution in [1.29, 1.82) is 0 Å². The second kappa shape index (κ2) is 9.10. The first-order chi connectivity index (χ1) is 14.3. The number of hydrogen-bond donors (Lipinski definition) is 2. The molecule has 2 aromatic rings. The maximum Gasteiger partial charge on any atom is 0.333 e. The van der Waals surface area contributed by atoms with Crippen LogP contribution >= 0.6 is 0 Å². The summed E-state index contributed by atoms with van der Waals surface area (Å²) in [6.45, 7) is 5.56. The number of benzene rings is 1. The van der Waals surface area contributed by atoms with Gasteiger partial charge in [-0.15, -0.1) is 0 Å². The average Bonchev–Trinajstić information content (AvgIpc) is 3.28. The minimum absolute atomic E-state index is 0.116. The summed E-state index contributed by atoms with van der Waals surface area (Å²) in [5.74, 6) is 0.0437. The van der Waals surface area contributed by atoms with Crippen LogP contribution < -0.4 is 15.5 Å². The van der Waals surface area contributed by atoms with E-state index in [1.807, 2.05) is 6.92 Å². The van der Waals surface area contributed by atoms with Gasteiger partial charge in [0.05, 0.1) is 4.92 Å². The summed E-state index contributed by atoms with van der Waals surface area (Å²) in [5, 5.41) is 21.4. The minimum atomic E-state index is -0.604. The summed E-state index contributed by atoms with van der Waals surface area (Å²) in [6.07, 6.45) is 1.40. The quantitative estimate of drug-likeness (QED) is 0.504. The number of carbonyl (C=O) groups excluding carboxylic acids is 1. The Morgan fingerprint density at radius 2 is 2.10 bits per heavy atom. The van der Waals surface area contributed by atoms with Crippen molar-refractivity contribution in [2.75, 3.05) is 29.9 Å². The Balaban J connectivity index is 1.56. The summed E-state index contributed by atoms with van der Waals surface area (Å²) in [7, 11) is 1.61. The molecule has 0 radical (unpaired) electrons. The van der Waals surface area contributed by atoms with Gasteiger partial charge in [-0.1, -0.05) is 6.92 Å². The van der Waals surface area contributed by atoms with E-state index in [0.29, 0.717) is 18.7 Å². The molecule has 10 heteroatoms. The number of nitrogens with one attached hydrogen (secondary N) is 2. The van der Waals surface area contributed by atoms with Gasteiger partial charge in [0.2, 0.25) is 11.7 Å². The summed E-state index contributed by atoms with van der Waals surface area (Å²) >= 11 is 0. The third kappa shape index (κ3) is 4.69. The number of nitrogens with zero attached hydrogens (tertiary/aromatic N) is 4. The average molecular weight is 418 g/mol. The molecule has 0 aliphatic carbocycles. The molecule has 162 valence electrons. The van der Waals surface area contributed by atoms with Crippen LogP contribution in [0.4, 0.5) is 21.6 Å². The molecular formula is C20H27FN6O3. The number of rotatable bonds is 8. The molecular weight excluding hydrogens is 391 g/mol. The van der Waals surface area contributed by atoms with E-state index in [-0.39, 0.29) is 29.1 Å². The SMILES string of the molecule is CCC(Nc1c([N+](=O)[O-])c(C)nn1C)C(=O)NCC1CCN(c2ccc(F)cc2)C1. The Bertz CT molecular complexity index is 914. The second-order valence-corrected chi connectivity index (χ2v) is 7.59. The predicted octanol–water partition coefficient (Wildman–Crippen LogP) is 2.61. The Kier molecular flexibility index (Phi) is 6.53. The van der Waals surface area contributed by atoms with Crippen molar-refractivity contribution in [2.24, 2.45) is 13.0 Å². The smallest absolute Gasteiger partial charge is 0.333 e. The van der Waals surface area contributed by atoms with Gasteiger partial charge in [-0.25, -0.2) is 9.07 Å². The van der Waals surface area contributed by atoms with E-state index in [9.17, 15) is 19.3 Å². The van der Waals surface area contributed by atoms with E-state index in [0.717, 1.165) is 25.2 Å². The van der Waals surface area contributed by atoms with Crippen LogP contribution in [0, 0.1) is 28.8 Å². The molecule has 0 bridgehead atoms. The number of aryl methyl sites for hydroxylation is 2. The fourth-order valence-corrected chi connectivity index (χ4v) is 3.80. The van der Waals surface area contributed by atoms with E-state index < -0.39 is 11.0 Å². The first-order valence-corrected chi connectivity index (χ1v) is 10.0. The molecule has 0 saturated carbocycles. The Morgan fingerprint density at radius 3 is 2.73 bits per heavy atom. The molecule has 30 heavy (non-hydrogen) atoms. The summed E-state index contributed by atoms with van der Waals surface area (Å²) in [5.41, 5.74) is 1.15. The molecule has 1 aliphatic rings. The highest BCUT2D eigenvalue weighted by molar-refractivity contribution is 5.85. The van der Waals surface area contributed by atoms with Crippen molar-refractivity contribution < 1.29 is 14.1 Å². The molecule has 2 heterocycles. The molecule has 1 aromatic carbocycles. The molecule has 0 spiro atoms. The number of aromatic nitrogens is 2. The summed E-state index contributed by atoms with van der Waals surface area (Å²) < 4.78 is 14.5. The highest BCUT2D eigenvalue weighted by Gasteiger charge is 2.29. The lowest BCUT2D eigenvalue weighted by molar-refractivity contribution is -0.384. The fraction of sp³-hybridized carbons (Fsp3) is 0.500. The molecule has 1 aromatic heterocycles. The fourth-order valence-electron chi connectivity index (χ4n) is 3.80. The van der Waals surface area contributed by atoms with Gasteiger partial charge in [-0.05, 0) is 49.9 Å². The zero-order valence-electron chi connectivity index (χ0n) is 17.4. The lowest BCUT2D eigenvalue weighted by Crippen LogP contribution is -2.42. The Labute approximate surface area is 174 Å². The zero-order chi connectivity index (χ0) is 21.8. The molecule has 3 rings (SSSR count). The third-order valence-electron chi connectivity index (χ3n) is 5.45. The highest BCUT2D eigenvalue weighted by Crippen LogP contribution is 2.28. The monoisotopic (exact) mass is 418 g/mol. The maximum atomic E-state index is 13.1. The van der Waals surface area contributed by atoms with Gasteiger partial charge in [-0.2, -0.15) is 5.10 Å². The van der Waals surface area contributed by atoms with Gasteiger partial charge in [-0.3, -0.25) is 14.9 Å². The highest BCUT2D eigenvalue weighted by atomic mass is 19.1. The molecule has 2 N–H and O–H groups in total. The number of halogens is 1. The van der Waals surface area contributed by atoms with E-state index >= 15 is 0 Å². The van der Waals surface area contributed by atoms with Crippen LogP contribution in [0.25, 0.3) is 0 Å². The molecule has 1 aliphatic heterocycles. The van der Waals surface area contributed by atoms with Crippen molar-refractivity contribution in [3.8, 4) is 0 Å². The number of anilines is 2. The number of amides is 1. The van der Waals surface area contributed by atoms with Crippen molar-refractivity contribution >= 4 is 23.1 Å². The first kappa shape index (κ1) is 21.5. The van der Waals surface area contributed by atoms with Crippen molar-refractivity contribution in [3.05, 3.63) is 45.9 Å². The van der Waals surface area contributed by atoms with E-state index in [1.54, 1.807) is 26.1 Å². The lowest BCUT2D eigenvalue weighted by Gasteiger charge is -2.20.